The zero-order valence-corrected chi connectivity index (χ0v) is 10.3. The van der Waals surface area contributed by atoms with Crippen LogP contribution in [-0.4, -0.2) is 30.9 Å². The van der Waals surface area contributed by atoms with Gasteiger partial charge in [-0.1, -0.05) is 12.1 Å². The van der Waals surface area contributed by atoms with E-state index in [1.807, 2.05) is 0 Å². The van der Waals surface area contributed by atoms with Crippen molar-refractivity contribution < 1.29 is 23.9 Å². The molecule has 0 aliphatic heterocycles. The van der Waals surface area contributed by atoms with E-state index in [4.69, 9.17) is 4.74 Å². The monoisotopic (exact) mass is 250 g/mol. The van der Waals surface area contributed by atoms with E-state index in [0.29, 0.717) is 0 Å². The van der Waals surface area contributed by atoms with Gasteiger partial charge in [-0.15, -0.1) is 0 Å². The number of ketones is 1. The van der Waals surface area contributed by atoms with Crippen LogP contribution in [0.2, 0.25) is 0 Å². The Morgan fingerprint density at radius 1 is 0.944 bits per heavy atom. The topological polar surface area (TPSA) is 69.7 Å². The van der Waals surface area contributed by atoms with Crippen LogP contribution in [0, 0.1) is 0 Å². The molecule has 0 atom stereocenters. The Morgan fingerprint density at radius 3 is 2.06 bits per heavy atom. The summed E-state index contributed by atoms with van der Waals surface area (Å²) in [4.78, 5) is 34.8. The van der Waals surface area contributed by atoms with E-state index in [2.05, 4.69) is 4.74 Å². The van der Waals surface area contributed by atoms with Crippen LogP contribution >= 0.6 is 0 Å². The summed E-state index contributed by atoms with van der Waals surface area (Å²) in [6, 6.07) is 5.99. The van der Waals surface area contributed by atoms with Gasteiger partial charge in [0.25, 0.3) is 5.78 Å². The van der Waals surface area contributed by atoms with Gasteiger partial charge in [0, 0.05) is 5.56 Å². The summed E-state index contributed by atoms with van der Waals surface area (Å²) in [6.07, 6.45) is 0. The minimum atomic E-state index is -0.978. The van der Waals surface area contributed by atoms with Crippen LogP contribution in [-0.2, 0) is 14.3 Å². The van der Waals surface area contributed by atoms with Gasteiger partial charge >= 0.3 is 11.9 Å². The average Bonchev–Trinajstić information content (AvgIpc) is 2.38. The second-order valence-corrected chi connectivity index (χ2v) is 3.32. The largest absolute Gasteiger partial charge is 0.462 e. The van der Waals surface area contributed by atoms with E-state index in [1.165, 1.54) is 12.1 Å². The molecule has 0 heterocycles. The molecular weight excluding hydrogens is 236 g/mol. The standard InChI is InChI=1S/C13H14O5/c1-3-17-12(15)10-8-6-5-7-9(10)11(14)13(16)18-4-2/h5-8H,3-4H2,1-2H3. The van der Waals surface area contributed by atoms with Crippen LogP contribution < -0.4 is 0 Å². The molecule has 5 heteroatoms. The summed E-state index contributed by atoms with van der Waals surface area (Å²) in [7, 11) is 0. The zero-order valence-electron chi connectivity index (χ0n) is 10.3. The minimum Gasteiger partial charge on any atom is -0.462 e. The van der Waals surface area contributed by atoms with Crippen LogP contribution in [0.5, 0.6) is 0 Å². The molecule has 0 unspecified atom stereocenters. The molecule has 0 aliphatic carbocycles. The normalized spacial score (nSPS) is 9.67. The molecule has 1 rings (SSSR count). The van der Waals surface area contributed by atoms with E-state index >= 15 is 0 Å². The lowest BCUT2D eigenvalue weighted by atomic mass is 10.0. The van der Waals surface area contributed by atoms with Crippen molar-refractivity contribution in [2.24, 2.45) is 0 Å². The van der Waals surface area contributed by atoms with Crippen molar-refractivity contribution in [1.82, 2.24) is 0 Å². The number of hydrogen-bond donors (Lipinski definition) is 0. The maximum absolute atomic E-state index is 11.8. The highest BCUT2D eigenvalue weighted by Gasteiger charge is 2.23. The molecule has 0 bridgehead atoms. The lowest BCUT2D eigenvalue weighted by molar-refractivity contribution is -0.137. The predicted molar refractivity (Wildman–Crippen MR) is 63.4 cm³/mol. The van der Waals surface area contributed by atoms with E-state index in [-0.39, 0.29) is 24.3 Å². The van der Waals surface area contributed by atoms with Crippen LogP contribution in [0.3, 0.4) is 0 Å². The Balaban J connectivity index is 3.05. The second kappa shape index (κ2) is 6.54. The van der Waals surface area contributed by atoms with E-state index < -0.39 is 17.7 Å². The van der Waals surface area contributed by atoms with E-state index in [0.717, 1.165) is 0 Å². The Kier molecular flexibility index (Phi) is 5.05. The molecule has 0 saturated heterocycles. The third kappa shape index (κ3) is 3.16. The quantitative estimate of drug-likeness (QED) is 0.451. The third-order valence-electron chi connectivity index (χ3n) is 2.13. The number of hydrogen-bond acceptors (Lipinski definition) is 5. The fourth-order valence-electron chi connectivity index (χ4n) is 1.37. The fourth-order valence-corrected chi connectivity index (χ4v) is 1.37. The number of esters is 2. The first kappa shape index (κ1) is 13.9. The average molecular weight is 250 g/mol. The molecule has 1 aromatic rings. The van der Waals surface area contributed by atoms with Crippen molar-refractivity contribution in [2.45, 2.75) is 13.8 Å². The summed E-state index contributed by atoms with van der Waals surface area (Å²) in [6.45, 7) is 3.56. The molecule has 0 radical (unpaired) electrons. The maximum Gasteiger partial charge on any atom is 0.379 e. The lowest BCUT2D eigenvalue weighted by Crippen LogP contribution is -2.21. The Labute approximate surface area is 105 Å². The fraction of sp³-hybridized carbons (Fsp3) is 0.308. The molecule has 0 amide bonds. The van der Waals surface area contributed by atoms with Crippen LogP contribution in [0.25, 0.3) is 0 Å². The Morgan fingerprint density at radius 2 is 1.50 bits per heavy atom. The summed E-state index contributed by atoms with van der Waals surface area (Å²) < 4.78 is 9.43. The first-order valence-electron chi connectivity index (χ1n) is 5.59. The molecule has 0 saturated carbocycles. The highest BCUT2D eigenvalue weighted by atomic mass is 16.5. The molecule has 0 fully saturated rings. The highest BCUT2D eigenvalue weighted by Crippen LogP contribution is 2.12. The number of rotatable bonds is 5. The van der Waals surface area contributed by atoms with Crippen LogP contribution in [0.4, 0.5) is 0 Å². The molecule has 18 heavy (non-hydrogen) atoms. The van der Waals surface area contributed by atoms with Crippen molar-refractivity contribution in [2.75, 3.05) is 13.2 Å². The molecule has 1 aromatic carbocycles. The molecule has 0 aromatic heterocycles. The van der Waals surface area contributed by atoms with Gasteiger partial charge in [0.15, 0.2) is 0 Å². The summed E-state index contributed by atoms with van der Waals surface area (Å²) in [5.41, 5.74) is 0.0619. The van der Waals surface area contributed by atoms with Gasteiger partial charge in [-0.3, -0.25) is 4.79 Å². The Hall–Kier alpha value is -2.17. The van der Waals surface area contributed by atoms with Crippen molar-refractivity contribution in [3.63, 3.8) is 0 Å². The molecule has 0 spiro atoms. The Bertz CT molecular complexity index is 464. The second-order valence-electron chi connectivity index (χ2n) is 3.32. The lowest BCUT2D eigenvalue weighted by Gasteiger charge is -2.07. The van der Waals surface area contributed by atoms with Crippen molar-refractivity contribution in [1.29, 1.82) is 0 Å². The summed E-state index contributed by atoms with van der Waals surface area (Å²) in [5, 5.41) is 0. The molecule has 0 aliphatic rings. The van der Waals surface area contributed by atoms with Gasteiger partial charge in [0.05, 0.1) is 18.8 Å². The molecule has 5 nitrogen and oxygen atoms in total. The van der Waals surface area contributed by atoms with Gasteiger partial charge in [-0.2, -0.15) is 0 Å². The highest BCUT2D eigenvalue weighted by molar-refractivity contribution is 6.41. The maximum atomic E-state index is 11.8. The first-order chi connectivity index (χ1) is 8.61. The van der Waals surface area contributed by atoms with E-state index in [1.54, 1.807) is 26.0 Å². The zero-order chi connectivity index (χ0) is 13.5. The van der Waals surface area contributed by atoms with Gasteiger partial charge in [0.2, 0.25) is 0 Å². The third-order valence-corrected chi connectivity index (χ3v) is 2.13. The SMILES string of the molecule is CCOC(=O)C(=O)c1ccccc1C(=O)OCC. The molecule has 0 N–H and O–H groups in total. The van der Waals surface area contributed by atoms with Crippen LogP contribution in [0.1, 0.15) is 34.6 Å². The molecule has 96 valence electrons. The van der Waals surface area contributed by atoms with Gasteiger partial charge in [0.1, 0.15) is 0 Å². The van der Waals surface area contributed by atoms with E-state index in [9.17, 15) is 14.4 Å². The first-order valence-corrected chi connectivity index (χ1v) is 5.59. The van der Waals surface area contributed by atoms with Crippen molar-refractivity contribution in [3.05, 3.63) is 35.4 Å². The van der Waals surface area contributed by atoms with Crippen LogP contribution in [0.15, 0.2) is 24.3 Å². The summed E-state index contributed by atoms with van der Waals surface area (Å²) >= 11 is 0. The minimum absolute atomic E-state index is 0.00519. The number of ether oxygens (including phenoxy) is 2. The number of carbonyl (C=O) groups excluding carboxylic acids is 3. The summed E-state index contributed by atoms with van der Waals surface area (Å²) in [5.74, 6) is -2.46. The van der Waals surface area contributed by atoms with Gasteiger partial charge in [-0.25, -0.2) is 9.59 Å². The predicted octanol–water partition coefficient (Wildman–Crippen LogP) is 1.61. The number of benzene rings is 1. The van der Waals surface area contributed by atoms with Gasteiger partial charge < -0.3 is 9.47 Å². The smallest absolute Gasteiger partial charge is 0.379 e. The number of Topliss-reactive ketones (excluding diaryl/α,β-unsaturated/α-hetero) is 1. The van der Waals surface area contributed by atoms with Crippen molar-refractivity contribution >= 4 is 17.7 Å². The van der Waals surface area contributed by atoms with Gasteiger partial charge in [-0.05, 0) is 26.0 Å². The van der Waals surface area contributed by atoms with Crippen molar-refractivity contribution in [3.8, 4) is 0 Å². The number of carbonyl (C=O) groups is 3. The molecular formula is C13H14O5.